The molecule has 0 radical (unpaired) electrons. The van der Waals surface area contributed by atoms with Crippen LogP contribution < -0.4 is 15.9 Å². The Morgan fingerprint density at radius 2 is 0.778 bits per heavy atom. The van der Waals surface area contributed by atoms with Crippen LogP contribution in [0.2, 0.25) is 0 Å². The molecule has 7 aromatic carbocycles. The lowest BCUT2D eigenvalue weighted by molar-refractivity contribution is 0.592. The number of hydrogen-bond acceptors (Lipinski definition) is 1. The van der Waals surface area contributed by atoms with Crippen molar-refractivity contribution in [2.45, 2.75) is 0 Å². The SMILES string of the molecule is O=P(c1ccc(-c2ccccc2)cc1)(c1ccc(-c2ccccc2)cc1)c1ccc2c(c1)c1ccccc1n2-c1ccccc1. The van der Waals surface area contributed by atoms with Crippen molar-refractivity contribution in [3.05, 3.63) is 182 Å². The van der Waals surface area contributed by atoms with E-state index in [0.717, 1.165) is 65.7 Å². The summed E-state index contributed by atoms with van der Waals surface area (Å²) >= 11 is 0. The van der Waals surface area contributed by atoms with Crippen LogP contribution in [0, 0.1) is 0 Å². The lowest BCUT2D eigenvalue weighted by atomic mass is 10.1. The number of hydrogen-bond donors (Lipinski definition) is 0. The maximum Gasteiger partial charge on any atom is 0.171 e. The Bertz CT molecular complexity index is 2220. The molecule has 0 atom stereocenters. The number of rotatable bonds is 6. The van der Waals surface area contributed by atoms with Crippen LogP contribution in [0.15, 0.2) is 182 Å². The second-order valence-corrected chi connectivity index (χ2v) is 14.1. The molecule has 0 N–H and O–H groups in total. The average molecular weight is 596 g/mol. The molecular weight excluding hydrogens is 565 g/mol. The number of nitrogens with zero attached hydrogens (tertiary/aromatic N) is 1. The molecule has 0 unspecified atom stereocenters. The highest BCUT2D eigenvalue weighted by atomic mass is 31.2. The molecule has 0 saturated heterocycles. The van der Waals surface area contributed by atoms with Gasteiger partial charge in [0.25, 0.3) is 0 Å². The Balaban J connectivity index is 1.33. The van der Waals surface area contributed by atoms with Crippen LogP contribution in [0.1, 0.15) is 0 Å². The van der Waals surface area contributed by atoms with E-state index in [-0.39, 0.29) is 0 Å². The molecule has 1 aromatic heterocycles. The summed E-state index contributed by atoms with van der Waals surface area (Å²) in [6, 6.07) is 62.5. The Hall–Kier alpha value is -5.43. The van der Waals surface area contributed by atoms with Crippen molar-refractivity contribution in [3.8, 4) is 27.9 Å². The molecular formula is C42H30NOP. The van der Waals surface area contributed by atoms with E-state index in [1.807, 2.05) is 66.7 Å². The van der Waals surface area contributed by atoms with Gasteiger partial charge in [-0.25, -0.2) is 0 Å². The zero-order valence-electron chi connectivity index (χ0n) is 24.6. The predicted octanol–water partition coefficient (Wildman–Crippen LogP) is 9.76. The van der Waals surface area contributed by atoms with Gasteiger partial charge in [0.15, 0.2) is 7.14 Å². The topological polar surface area (TPSA) is 22.0 Å². The average Bonchev–Trinajstić information content (AvgIpc) is 3.46. The van der Waals surface area contributed by atoms with Gasteiger partial charge in [-0.3, -0.25) is 0 Å². The fraction of sp³-hybridized carbons (Fsp3) is 0. The third-order valence-corrected chi connectivity index (χ3v) is 11.8. The first-order chi connectivity index (χ1) is 22.2. The number of para-hydroxylation sites is 2. The van der Waals surface area contributed by atoms with Crippen LogP contribution in [-0.2, 0) is 4.57 Å². The molecule has 0 aliphatic heterocycles. The van der Waals surface area contributed by atoms with Gasteiger partial charge in [-0.2, -0.15) is 0 Å². The van der Waals surface area contributed by atoms with Crippen LogP contribution in [0.4, 0.5) is 0 Å². The smallest absolute Gasteiger partial charge is 0.171 e. The molecule has 0 bridgehead atoms. The summed E-state index contributed by atoms with van der Waals surface area (Å²) in [5, 5.41) is 4.70. The normalized spacial score (nSPS) is 11.6. The van der Waals surface area contributed by atoms with Crippen molar-refractivity contribution in [1.82, 2.24) is 4.57 Å². The van der Waals surface area contributed by atoms with E-state index in [4.69, 9.17) is 0 Å². The molecule has 2 nitrogen and oxygen atoms in total. The molecule has 214 valence electrons. The van der Waals surface area contributed by atoms with Gasteiger partial charge in [0.05, 0.1) is 11.0 Å². The Labute approximate surface area is 263 Å². The van der Waals surface area contributed by atoms with Gasteiger partial charge in [-0.05, 0) is 58.7 Å². The van der Waals surface area contributed by atoms with Crippen LogP contribution >= 0.6 is 7.14 Å². The third kappa shape index (κ3) is 4.72. The number of benzene rings is 7. The van der Waals surface area contributed by atoms with Gasteiger partial charge in [-0.15, -0.1) is 0 Å². The minimum Gasteiger partial charge on any atom is -0.309 e. The van der Waals surface area contributed by atoms with E-state index in [2.05, 4.69) is 120 Å². The molecule has 1 heterocycles. The fourth-order valence-electron chi connectivity index (χ4n) is 6.45. The molecule has 45 heavy (non-hydrogen) atoms. The van der Waals surface area contributed by atoms with Gasteiger partial charge in [-0.1, -0.05) is 146 Å². The van der Waals surface area contributed by atoms with Crippen molar-refractivity contribution in [1.29, 1.82) is 0 Å². The first-order valence-corrected chi connectivity index (χ1v) is 16.9. The van der Waals surface area contributed by atoms with E-state index in [1.54, 1.807) is 0 Å². The number of aromatic nitrogens is 1. The van der Waals surface area contributed by atoms with Crippen LogP contribution in [-0.4, -0.2) is 4.57 Å². The quantitative estimate of drug-likeness (QED) is 0.175. The van der Waals surface area contributed by atoms with Gasteiger partial charge in [0, 0.05) is 32.4 Å². The van der Waals surface area contributed by atoms with Crippen molar-refractivity contribution in [2.75, 3.05) is 0 Å². The third-order valence-electron chi connectivity index (χ3n) is 8.71. The van der Waals surface area contributed by atoms with Crippen molar-refractivity contribution in [3.63, 3.8) is 0 Å². The summed E-state index contributed by atoms with van der Waals surface area (Å²) in [5.41, 5.74) is 7.81. The summed E-state index contributed by atoms with van der Waals surface area (Å²) in [6.07, 6.45) is 0. The van der Waals surface area contributed by atoms with Gasteiger partial charge < -0.3 is 9.13 Å². The first kappa shape index (κ1) is 27.1. The Morgan fingerprint density at radius 3 is 1.33 bits per heavy atom. The van der Waals surface area contributed by atoms with Gasteiger partial charge >= 0.3 is 0 Å². The maximum absolute atomic E-state index is 15.8. The van der Waals surface area contributed by atoms with Crippen molar-refractivity contribution < 1.29 is 4.57 Å². The minimum atomic E-state index is -3.25. The fourth-order valence-corrected chi connectivity index (χ4v) is 9.08. The monoisotopic (exact) mass is 595 g/mol. The summed E-state index contributed by atoms with van der Waals surface area (Å²) in [6.45, 7) is 0. The highest BCUT2D eigenvalue weighted by Gasteiger charge is 2.31. The summed E-state index contributed by atoms with van der Waals surface area (Å²) in [7, 11) is -3.25. The highest BCUT2D eigenvalue weighted by Crippen LogP contribution is 2.45. The molecule has 0 aliphatic carbocycles. The summed E-state index contributed by atoms with van der Waals surface area (Å²) in [4.78, 5) is 0. The second-order valence-electron chi connectivity index (χ2n) is 11.3. The lowest BCUT2D eigenvalue weighted by Crippen LogP contribution is -2.25. The molecule has 0 amide bonds. The Kier molecular flexibility index (Phi) is 6.78. The van der Waals surface area contributed by atoms with E-state index < -0.39 is 7.14 Å². The standard InChI is InChI=1S/C42H30NOP/c44-45(36-24-20-33(21-25-36)31-12-4-1-5-13-31,37-26-22-34(23-27-37)32-14-6-2-7-15-32)38-28-29-42-40(30-38)39-18-10-11-19-41(39)43(42)35-16-8-3-9-17-35/h1-30H. The molecule has 0 fully saturated rings. The summed E-state index contributed by atoms with van der Waals surface area (Å²) < 4.78 is 18.1. The lowest BCUT2D eigenvalue weighted by Gasteiger charge is -2.21. The Morgan fingerprint density at radius 1 is 0.356 bits per heavy atom. The molecule has 8 rings (SSSR count). The van der Waals surface area contributed by atoms with E-state index in [0.29, 0.717) is 0 Å². The molecule has 0 spiro atoms. The van der Waals surface area contributed by atoms with E-state index >= 15 is 4.57 Å². The molecule has 0 aliphatic rings. The zero-order chi connectivity index (χ0) is 30.2. The maximum atomic E-state index is 15.8. The molecule has 8 aromatic rings. The van der Waals surface area contributed by atoms with Gasteiger partial charge in [0.2, 0.25) is 0 Å². The predicted molar refractivity (Wildman–Crippen MR) is 191 cm³/mol. The van der Waals surface area contributed by atoms with Crippen LogP contribution in [0.25, 0.3) is 49.7 Å². The van der Waals surface area contributed by atoms with Gasteiger partial charge in [0.1, 0.15) is 0 Å². The zero-order valence-corrected chi connectivity index (χ0v) is 25.5. The van der Waals surface area contributed by atoms with E-state index in [9.17, 15) is 0 Å². The minimum absolute atomic E-state index is 0.820. The first-order valence-electron chi connectivity index (χ1n) is 15.2. The largest absolute Gasteiger partial charge is 0.309 e. The van der Waals surface area contributed by atoms with Crippen LogP contribution in [0.5, 0.6) is 0 Å². The highest BCUT2D eigenvalue weighted by molar-refractivity contribution is 7.85. The van der Waals surface area contributed by atoms with Crippen LogP contribution in [0.3, 0.4) is 0 Å². The summed E-state index contributed by atoms with van der Waals surface area (Å²) in [5.74, 6) is 0. The van der Waals surface area contributed by atoms with Crippen molar-refractivity contribution in [2.24, 2.45) is 0 Å². The molecule has 3 heteroatoms. The van der Waals surface area contributed by atoms with E-state index in [1.165, 1.54) is 0 Å². The second kappa shape index (κ2) is 11.2. The number of fused-ring (bicyclic) bond motifs is 3. The molecule has 0 saturated carbocycles. The van der Waals surface area contributed by atoms with Crippen molar-refractivity contribution >= 4 is 44.9 Å².